The van der Waals surface area contributed by atoms with E-state index >= 15 is 0 Å². The maximum absolute atomic E-state index is 5.84. The van der Waals surface area contributed by atoms with Crippen LogP contribution in [-0.2, 0) is 13.5 Å². The van der Waals surface area contributed by atoms with Crippen LogP contribution in [0.2, 0.25) is 5.28 Å². The highest BCUT2D eigenvalue weighted by molar-refractivity contribution is 6.28. The first-order valence-corrected chi connectivity index (χ1v) is 6.70. The summed E-state index contributed by atoms with van der Waals surface area (Å²) in [5.41, 5.74) is 1.14. The Morgan fingerprint density at radius 3 is 2.80 bits per heavy atom. The van der Waals surface area contributed by atoms with E-state index in [0.29, 0.717) is 12.5 Å². The molecular weight excluding hydrogens is 280 g/mol. The van der Waals surface area contributed by atoms with Crippen molar-refractivity contribution in [3.63, 3.8) is 0 Å². The van der Waals surface area contributed by atoms with E-state index in [9.17, 15) is 0 Å². The Balaban J connectivity index is 1.93. The van der Waals surface area contributed by atoms with E-state index in [0.717, 1.165) is 12.0 Å². The number of nitrogens with one attached hydrogen (secondary N) is 1. The molecule has 0 saturated heterocycles. The summed E-state index contributed by atoms with van der Waals surface area (Å²) in [6.07, 6.45) is 4.60. The first kappa shape index (κ1) is 14.5. The summed E-state index contributed by atoms with van der Waals surface area (Å²) in [7, 11) is 1.89. The molecule has 0 aromatic carbocycles. The Labute approximate surface area is 122 Å². The van der Waals surface area contributed by atoms with Crippen LogP contribution in [0.5, 0.6) is 6.01 Å². The lowest BCUT2D eigenvalue weighted by Gasteiger charge is -2.09. The van der Waals surface area contributed by atoms with Crippen molar-refractivity contribution in [3.8, 4) is 6.01 Å². The van der Waals surface area contributed by atoms with Crippen molar-refractivity contribution in [1.29, 1.82) is 0 Å². The van der Waals surface area contributed by atoms with Crippen LogP contribution in [0.25, 0.3) is 0 Å². The van der Waals surface area contributed by atoms with E-state index in [1.165, 1.54) is 0 Å². The molecule has 0 amide bonds. The predicted octanol–water partition coefficient (Wildman–Crippen LogP) is 1.70. The van der Waals surface area contributed by atoms with Crippen LogP contribution in [0.1, 0.15) is 19.4 Å². The molecule has 0 aliphatic heterocycles. The van der Waals surface area contributed by atoms with E-state index in [-0.39, 0.29) is 17.4 Å². The quantitative estimate of drug-likeness (QED) is 0.874. The Morgan fingerprint density at radius 2 is 2.15 bits per heavy atom. The van der Waals surface area contributed by atoms with Gasteiger partial charge in [0.15, 0.2) is 0 Å². The molecule has 0 bridgehead atoms. The minimum absolute atomic E-state index is 0.0169. The summed E-state index contributed by atoms with van der Waals surface area (Å²) >= 11 is 5.84. The molecule has 2 aromatic heterocycles. The van der Waals surface area contributed by atoms with E-state index < -0.39 is 0 Å². The molecule has 0 aliphatic rings. The smallest absolute Gasteiger partial charge is 0.322 e. The summed E-state index contributed by atoms with van der Waals surface area (Å²) in [5, 5.41) is 7.31. The molecule has 8 heteroatoms. The summed E-state index contributed by atoms with van der Waals surface area (Å²) in [5.74, 6) is 0.407. The van der Waals surface area contributed by atoms with Crippen LogP contribution >= 0.6 is 11.6 Å². The molecule has 0 aliphatic carbocycles. The fraction of sp³-hybridized carbons (Fsp3) is 0.500. The van der Waals surface area contributed by atoms with Crippen molar-refractivity contribution in [2.75, 3.05) is 11.9 Å². The standard InChI is InChI=1S/C12H17ClN6O/c1-8(2)20-12-17-10(13)16-11(18-12)14-5-4-9-6-15-19(3)7-9/h6-8H,4-5H2,1-3H3,(H,14,16,17,18). The van der Waals surface area contributed by atoms with Gasteiger partial charge in [0.05, 0.1) is 12.3 Å². The van der Waals surface area contributed by atoms with Crippen molar-refractivity contribution < 1.29 is 4.74 Å². The van der Waals surface area contributed by atoms with Gasteiger partial charge in [-0.15, -0.1) is 0 Å². The number of anilines is 1. The Morgan fingerprint density at radius 1 is 1.35 bits per heavy atom. The Hall–Kier alpha value is -1.89. The molecule has 0 saturated carbocycles. The van der Waals surface area contributed by atoms with E-state index in [1.807, 2.05) is 33.3 Å². The molecule has 108 valence electrons. The number of ether oxygens (including phenoxy) is 1. The zero-order valence-electron chi connectivity index (χ0n) is 11.7. The molecule has 7 nitrogen and oxygen atoms in total. The predicted molar refractivity (Wildman–Crippen MR) is 76.0 cm³/mol. The van der Waals surface area contributed by atoms with Gasteiger partial charge in [0.2, 0.25) is 11.2 Å². The molecule has 0 radical (unpaired) electrons. The van der Waals surface area contributed by atoms with Gasteiger partial charge in [-0.2, -0.15) is 20.1 Å². The molecule has 0 unspecified atom stereocenters. The fourth-order valence-corrected chi connectivity index (χ4v) is 1.75. The van der Waals surface area contributed by atoms with Gasteiger partial charge in [-0.05, 0) is 37.4 Å². The Kier molecular flexibility index (Phi) is 4.73. The molecule has 0 fully saturated rings. The lowest BCUT2D eigenvalue weighted by atomic mass is 10.2. The van der Waals surface area contributed by atoms with Crippen LogP contribution in [0.4, 0.5) is 5.95 Å². The lowest BCUT2D eigenvalue weighted by Crippen LogP contribution is -2.12. The van der Waals surface area contributed by atoms with Crippen LogP contribution in [-0.4, -0.2) is 37.4 Å². The molecule has 2 aromatic rings. The fourth-order valence-electron chi connectivity index (χ4n) is 1.59. The topological polar surface area (TPSA) is 77.8 Å². The lowest BCUT2D eigenvalue weighted by molar-refractivity contribution is 0.222. The number of rotatable bonds is 6. The number of hydrogen-bond donors (Lipinski definition) is 1. The first-order chi connectivity index (χ1) is 9.52. The van der Waals surface area contributed by atoms with Crippen molar-refractivity contribution in [1.82, 2.24) is 24.7 Å². The van der Waals surface area contributed by atoms with Gasteiger partial charge in [-0.1, -0.05) is 0 Å². The van der Waals surface area contributed by atoms with Gasteiger partial charge < -0.3 is 10.1 Å². The van der Waals surface area contributed by atoms with Gasteiger partial charge in [0.25, 0.3) is 0 Å². The summed E-state index contributed by atoms with van der Waals surface area (Å²) in [4.78, 5) is 12.1. The van der Waals surface area contributed by atoms with E-state index in [4.69, 9.17) is 16.3 Å². The maximum Gasteiger partial charge on any atom is 0.322 e. The second kappa shape index (κ2) is 6.51. The van der Waals surface area contributed by atoms with E-state index in [2.05, 4.69) is 25.4 Å². The summed E-state index contributed by atoms with van der Waals surface area (Å²) < 4.78 is 7.17. The van der Waals surface area contributed by atoms with Crippen LogP contribution in [0, 0.1) is 0 Å². The maximum atomic E-state index is 5.84. The van der Waals surface area contributed by atoms with Crippen molar-refractivity contribution >= 4 is 17.5 Å². The average Bonchev–Trinajstić information content (AvgIpc) is 2.73. The van der Waals surface area contributed by atoms with Crippen LogP contribution in [0.15, 0.2) is 12.4 Å². The highest BCUT2D eigenvalue weighted by Gasteiger charge is 2.07. The number of nitrogens with zero attached hydrogens (tertiary/aromatic N) is 5. The van der Waals surface area contributed by atoms with Gasteiger partial charge in [-0.3, -0.25) is 4.68 Å². The molecule has 1 N–H and O–H groups in total. The number of halogens is 1. The summed E-state index contributed by atoms with van der Waals surface area (Å²) in [6.45, 7) is 4.47. The van der Waals surface area contributed by atoms with Crippen LogP contribution < -0.4 is 10.1 Å². The third kappa shape index (κ3) is 4.34. The molecular formula is C12H17ClN6O. The normalized spacial score (nSPS) is 10.8. The van der Waals surface area contributed by atoms with Gasteiger partial charge in [-0.25, -0.2) is 0 Å². The molecule has 2 heterocycles. The van der Waals surface area contributed by atoms with E-state index in [1.54, 1.807) is 4.68 Å². The summed E-state index contributed by atoms with van der Waals surface area (Å²) in [6, 6.07) is 0.226. The zero-order chi connectivity index (χ0) is 14.5. The molecule has 20 heavy (non-hydrogen) atoms. The average molecular weight is 297 g/mol. The van der Waals surface area contributed by atoms with Crippen molar-refractivity contribution in [2.24, 2.45) is 7.05 Å². The Bertz CT molecular complexity index is 571. The number of aromatic nitrogens is 5. The third-order valence-corrected chi connectivity index (χ3v) is 2.55. The van der Waals surface area contributed by atoms with Crippen molar-refractivity contribution in [2.45, 2.75) is 26.4 Å². The highest BCUT2D eigenvalue weighted by Crippen LogP contribution is 2.12. The molecule has 0 atom stereocenters. The largest absolute Gasteiger partial charge is 0.461 e. The first-order valence-electron chi connectivity index (χ1n) is 6.32. The minimum Gasteiger partial charge on any atom is -0.461 e. The number of hydrogen-bond acceptors (Lipinski definition) is 6. The molecule has 2 rings (SSSR count). The second-order valence-electron chi connectivity index (χ2n) is 4.58. The van der Waals surface area contributed by atoms with Crippen molar-refractivity contribution in [3.05, 3.63) is 23.2 Å². The molecule has 0 spiro atoms. The van der Waals surface area contributed by atoms with Gasteiger partial charge >= 0.3 is 6.01 Å². The number of aryl methyl sites for hydroxylation is 1. The van der Waals surface area contributed by atoms with Gasteiger partial charge in [0, 0.05) is 19.8 Å². The zero-order valence-corrected chi connectivity index (χ0v) is 12.4. The van der Waals surface area contributed by atoms with Gasteiger partial charge in [0.1, 0.15) is 0 Å². The highest BCUT2D eigenvalue weighted by atomic mass is 35.5. The third-order valence-electron chi connectivity index (χ3n) is 2.38. The van der Waals surface area contributed by atoms with Crippen LogP contribution in [0.3, 0.4) is 0 Å². The second-order valence-corrected chi connectivity index (χ2v) is 4.91. The minimum atomic E-state index is -0.0169. The SMILES string of the molecule is CC(C)Oc1nc(Cl)nc(NCCc2cnn(C)c2)n1. The monoisotopic (exact) mass is 296 g/mol.